The fourth-order valence-corrected chi connectivity index (χ4v) is 7.93. The van der Waals surface area contributed by atoms with Crippen molar-refractivity contribution in [1.82, 2.24) is 10.2 Å². The Morgan fingerprint density at radius 3 is 2.31 bits per heavy atom. The van der Waals surface area contributed by atoms with Gasteiger partial charge < -0.3 is 39.0 Å². The van der Waals surface area contributed by atoms with Crippen LogP contribution >= 0.6 is 0 Å². The summed E-state index contributed by atoms with van der Waals surface area (Å²) >= 11 is 0. The molecule has 2 heterocycles. The number of nitrogens with one attached hydrogen (secondary N) is 1. The van der Waals surface area contributed by atoms with Crippen molar-refractivity contribution in [2.45, 2.75) is 69.4 Å². The van der Waals surface area contributed by atoms with Gasteiger partial charge in [-0.15, -0.1) is 0 Å². The summed E-state index contributed by atoms with van der Waals surface area (Å²) in [6.07, 6.45) is -0.147. The van der Waals surface area contributed by atoms with E-state index in [0.717, 1.165) is 0 Å². The number of methoxy groups -OCH3 is 3. The number of carbonyl (C=O) groups excluding carboxylic acids is 3. The third-order valence-corrected chi connectivity index (χ3v) is 10.4. The second-order valence-electron chi connectivity index (χ2n) is 13.0. The lowest BCUT2D eigenvalue weighted by molar-refractivity contribution is -0.196. The summed E-state index contributed by atoms with van der Waals surface area (Å²) in [5.74, 6) is -2.24. The molecule has 3 aromatic carbocycles. The quantitative estimate of drug-likeness (QED) is 0.296. The summed E-state index contributed by atoms with van der Waals surface area (Å²) in [7, 11) is 4.52. The molecule has 2 amide bonds. The zero-order valence-electron chi connectivity index (χ0n) is 28.7. The lowest BCUT2D eigenvalue weighted by atomic mass is 9.75. The van der Waals surface area contributed by atoms with Crippen molar-refractivity contribution in [3.8, 4) is 23.0 Å². The fourth-order valence-electron chi connectivity index (χ4n) is 7.93. The van der Waals surface area contributed by atoms with Crippen LogP contribution in [0.25, 0.3) is 0 Å². The fraction of sp³-hybridized carbons (Fsp3) is 0.447. The first-order valence-electron chi connectivity index (χ1n) is 16.7. The van der Waals surface area contributed by atoms with Crippen LogP contribution in [0.2, 0.25) is 0 Å². The van der Waals surface area contributed by atoms with E-state index >= 15 is 4.79 Å². The predicted molar refractivity (Wildman–Crippen MR) is 179 cm³/mol. The van der Waals surface area contributed by atoms with Crippen LogP contribution in [0.15, 0.2) is 66.7 Å². The van der Waals surface area contributed by atoms with E-state index in [2.05, 4.69) is 5.32 Å². The summed E-state index contributed by atoms with van der Waals surface area (Å²) in [5.41, 5.74) is -2.40. The molecular formula is C38H44N2O9. The Morgan fingerprint density at radius 2 is 1.69 bits per heavy atom. The first-order valence-corrected chi connectivity index (χ1v) is 16.7. The predicted octanol–water partition coefficient (Wildman–Crippen LogP) is 4.64. The first kappa shape index (κ1) is 34.1. The molecule has 11 heteroatoms. The Morgan fingerprint density at radius 1 is 1.00 bits per heavy atom. The summed E-state index contributed by atoms with van der Waals surface area (Å²) in [6, 6.07) is 19.7. The van der Waals surface area contributed by atoms with Gasteiger partial charge in [-0.3, -0.25) is 14.4 Å². The first-order chi connectivity index (χ1) is 23.5. The van der Waals surface area contributed by atoms with Crippen LogP contribution in [0.3, 0.4) is 0 Å². The SMILES string of the molecule is CCC(C)C(=O)N[C@@H]1CCCN1C(=O)[C@@H]1[C@H](c2ccccc2)[C@]2(c3ccc(OC)cc3)Oc3cc(OC)cc(OC)c3[C@@]1(O)[C@H]2OC(C)=O. The smallest absolute Gasteiger partial charge is 0.303 e. The van der Waals surface area contributed by atoms with Gasteiger partial charge in [0.1, 0.15) is 29.2 Å². The number of fused-ring (bicyclic) bond motifs is 4. The summed E-state index contributed by atoms with van der Waals surface area (Å²) < 4.78 is 30.2. The zero-order chi connectivity index (χ0) is 35.1. The molecule has 6 rings (SSSR count). The minimum atomic E-state index is -2.18. The Hall–Kier alpha value is -4.77. The summed E-state index contributed by atoms with van der Waals surface area (Å²) in [4.78, 5) is 43.2. The van der Waals surface area contributed by atoms with Crippen LogP contribution in [-0.2, 0) is 30.3 Å². The normalized spacial score (nSPS) is 27.4. The van der Waals surface area contributed by atoms with Crippen LogP contribution in [0.5, 0.6) is 23.0 Å². The molecule has 260 valence electrons. The number of likely N-dealkylation sites (tertiary alicyclic amines) is 1. The van der Waals surface area contributed by atoms with E-state index < -0.39 is 47.2 Å². The lowest BCUT2D eigenvalue weighted by Gasteiger charge is -2.46. The number of nitrogens with zero attached hydrogens (tertiary/aromatic N) is 1. The summed E-state index contributed by atoms with van der Waals surface area (Å²) in [6.45, 7) is 5.41. The number of aliphatic hydroxyl groups is 1. The third-order valence-electron chi connectivity index (χ3n) is 10.4. The second-order valence-corrected chi connectivity index (χ2v) is 13.0. The van der Waals surface area contributed by atoms with Crippen molar-refractivity contribution >= 4 is 17.8 Å². The molecule has 0 radical (unpaired) electrons. The third kappa shape index (κ3) is 5.44. The van der Waals surface area contributed by atoms with Gasteiger partial charge in [-0.25, -0.2) is 0 Å². The molecule has 2 aliphatic heterocycles. The highest BCUT2D eigenvalue weighted by molar-refractivity contribution is 5.86. The van der Waals surface area contributed by atoms with Gasteiger partial charge in [-0.05, 0) is 37.0 Å². The molecule has 49 heavy (non-hydrogen) atoms. The maximum Gasteiger partial charge on any atom is 0.303 e. The van der Waals surface area contributed by atoms with Crippen molar-refractivity contribution < 1.29 is 43.2 Å². The van der Waals surface area contributed by atoms with Gasteiger partial charge in [0.15, 0.2) is 17.3 Å². The Bertz CT molecular complexity index is 1710. The van der Waals surface area contributed by atoms with Gasteiger partial charge in [0, 0.05) is 43.0 Å². The molecule has 3 aromatic rings. The van der Waals surface area contributed by atoms with Gasteiger partial charge in [0.05, 0.1) is 32.8 Å². The number of hydrogen-bond acceptors (Lipinski definition) is 9. The van der Waals surface area contributed by atoms with Gasteiger partial charge in [0.25, 0.3) is 0 Å². The largest absolute Gasteiger partial charge is 0.497 e. The lowest BCUT2D eigenvalue weighted by Crippen LogP contribution is -2.57. The molecule has 2 N–H and O–H groups in total. The maximum atomic E-state index is 15.4. The van der Waals surface area contributed by atoms with Gasteiger partial charge in [-0.1, -0.05) is 56.3 Å². The van der Waals surface area contributed by atoms with Crippen LogP contribution < -0.4 is 24.3 Å². The van der Waals surface area contributed by atoms with Crippen molar-refractivity contribution in [2.75, 3.05) is 27.9 Å². The number of esters is 1. The highest BCUT2D eigenvalue weighted by Gasteiger charge is 2.78. The number of amides is 2. The molecule has 7 atom stereocenters. The molecule has 1 unspecified atom stereocenters. The number of benzene rings is 3. The van der Waals surface area contributed by atoms with E-state index in [-0.39, 0.29) is 28.9 Å². The van der Waals surface area contributed by atoms with Gasteiger partial charge >= 0.3 is 5.97 Å². The topological polar surface area (TPSA) is 133 Å². The molecule has 1 saturated heterocycles. The van der Waals surface area contributed by atoms with Crippen molar-refractivity contribution in [1.29, 1.82) is 0 Å². The molecule has 0 aromatic heterocycles. The number of ether oxygens (including phenoxy) is 5. The molecule has 1 aliphatic carbocycles. The minimum Gasteiger partial charge on any atom is -0.497 e. The highest BCUT2D eigenvalue weighted by atomic mass is 16.6. The van der Waals surface area contributed by atoms with E-state index in [4.69, 9.17) is 23.7 Å². The Balaban J connectivity index is 1.66. The number of carbonyl (C=O) groups is 3. The highest BCUT2D eigenvalue weighted by Crippen LogP contribution is 2.69. The summed E-state index contributed by atoms with van der Waals surface area (Å²) in [5, 5.41) is 16.6. The zero-order valence-corrected chi connectivity index (χ0v) is 28.7. The van der Waals surface area contributed by atoms with E-state index in [9.17, 15) is 14.7 Å². The van der Waals surface area contributed by atoms with Crippen LogP contribution in [-0.4, -0.2) is 67.9 Å². The van der Waals surface area contributed by atoms with Crippen LogP contribution in [0.1, 0.15) is 62.6 Å². The van der Waals surface area contributed by atoms with E-state index in [1.807, 2.05) is 44.2 Å². The number of rotatable bonds is 10. The average Bonchev–Trinajstić information content (AvgIpc) is 3.63. The second kappa shape index (κ2) is 13.3. The van der Waals surface area contributed by atoms with Gasteiger partial charge in [0.2, 0.25) is 11.8 Å². The molecule has 0 spiro atoms. The Labute approximate surface area is 286 Å². The minimum absolute atomic E-state index is 0.148. The molecular weight excluding hydrogens is 628 g/mol. The molecule has 2 bridgehead atoms. The molecule has 2 fully saturated rings. The van der Waals surface area contributed by atoms with Crippen molar-refractivity contribution in [2.24, 2.45) is 11.8 Å². The van der Waals surface area contributed by atoms with E-state index in [1.54, 1.807) is 48.4 Å². The van der Waals surface area contributed by atoms with E-state index in [1.165, 1.54) is 21.1 Å². The maximum absolute atomic E-state index is 15.4. The van der Waals surface area contributed by atoms with Gasteiger partial charge in [-0.2, -0.15) is 0 Å². The van der Waals surface area contributed by atoms with Crippen molar-refractivity contribution in [3.63, 3.8) is 0 Å². The average molecular weight is 673 g/mol. The van der Waals surface area contributed by atoms with Crippen molar-refractivity contribution in [3.05, 3.63) is 83.4 Å². The Kier molecular flexibility index (Phi) is 9.23. The van der Waals surface area contributed by atoms with Crippen LogP contribution in [0, 0.1) is 11.8 Å². The molecule has 1 saturated carbocycles. The van der Waals surface area contributed by atoms with E-state index in [0.29, 0.717) is 48.4 Å². The van der Waals surface area contributed by atoms with Crippen LogP contribution in [0.4, 0.5) is 0 Å². The monoisotopic (exact) mass is 672 g/mol. The molecule has 3 aliphatic rings. The standard InChI is InChI=1S/C38H44N2O9/c1-7-22(2)34(42)39-30-14-11-19-40(30)35(43)33-31(24-12-9-8-10-13-24)38(25-15-17-26(45-4)18-16-25)36(48-23(3)41)37(33,44)32-28(47-6)20-27(46-5)21-29(32)49-38/h8-10,12-13,15-18,20-22,30-31,33,36,44H,7,11,14,19H2,1-6H3,(H,39,42)/t22?,30-,31-,33-,36+,37-,38-/m0/s1. The molecule has 11 nitrogen and oxygen atoms in total. The number of hydrogen-bond donors (Lipinski definition) is 2.